The lowest BCUT2D eigenvalue weighted by Crippen LogP contribution is -2.08. The largest absolute Gasteiger partial charge is 0.496 e. The van der Waals surface area contributed by atoms with E-state index in [-0.39, 0.29) is 5.78 Å². The van der Waals surface area contributed by atoms with Gasteiger partial charge >= 0.3 is 0 Å². The molecule has 2 rings (SSSR count). The zero-order valence-corrected chi connectivity index (χ0v) is 12.2. The van der Waals surface area contributed by atoms with Crippen molar-refractivity contribution >= 4 is 17.1 Å². The van der Waals surface area contributed by atoms with Gasteiger partial charge < -0.3 is 4.74 Å². The van der Waals surface area contributed by atoms with Gasteiger partial charge in [0.05, 0.1) is 17.8 Å². The minimum absolute atomic E-state index is 0.161. The van der Waals surface area contributed by atoms with Crippen LogP contribution in [0.15, 0.2) is 23.6 Å². The van der Waals surface area contributed by atoms with Crippen molar-refractivity contribution in [1.29, 1.82) is 0 Å². The molecule has 1 aromatic carbocycles. The highest BCUT2D eigenvalue weighted by atomic mass is 32.1. The summed E-state index contributed by atoms with van der Waals surface area (Å²) in [5, 5.41) is 2.94. The standard InChI is InChI=1S/C15H17NO2S/c1-10-4-5-15(18-3)12(6-10)7-14(17)8-13-9-19-11(2)16-13/h4-6,9H,7-8H2,1-3H3. The summed E-state index contributed by atoms with van der Waals surface area (Å²) in [6, 6.07) is 5.89. The van der Waals surface area contributed by atoms with Gasteiger partial charge in [0.15, 0.2) is 0 Å². The summed E-state index contributed by atoms with van der Waals surface area (Å²) in [7, 11) is 1.63. The molecule has 0 amide bonds. The second-order valence-electron chi connectivity index (χ2n) is 4.57. The van der Waals surface area contributed by atoms with Crippen LogP contribution >= 0.6 is 11.3 Å². The lowest BCUT2D eigenvalue weighted by Gasteiger charge is -2.08. The Balaban J connectivity index is 2.08. The number of carbonyl (C=O) groups excluding carboxylic acids is 1. The number of benzene rings is 1. The van der Waals surface area contributed by atoms with Crippen molar-refractivity contribution in [3.63, 3.8) is 0 Å². The highest BCUT2D eigenvalue weighted by Gasteiger charge is 2.11. The van der Waals surface area contributed by atoms with Crippen LogP contribution in [-0.2, 0) is 17.6 Å². The van der Waals surface area contributed by atoms with E-state index in [9.17, 15) is 4.79 Å². The van der Waals surface area contributed by atoms with Crippen molar-refractivity contribution in [1.82, 2.24) is 4.98 Å². The van der Waals surface area contributed by atoms with Gasteiger partial charge in [0.2, 0.25) is 0 Å². The number of ether oxygens (including phenoxy) is 1. The summed E-state index contributed by atoms with van der Waals surface area (Å²) in [5.74, 6) is 0.933. The summed E-state index contributed by atoms with van der Waals surface area (Å²) in [4.78, 5) is 16.4. The molecular weight excluding hydrogens is 258 g/mol. The summed E-state index contributed by atoms with van der Waals surface area (Å²) >= 11 is 1.57. The van der Waals surface area contributed by atoms with E-state index in [4.69, 9.17) is 4.74 Å². The predicted molar refractivity (Wildman–Crippen MR) is 77.0 cm³/mol. The molecule has 2 aromatic rings. The first-order valence-corrected chi connectivity index (χ1v) is 7.02. The van der Waals surface area contributed by atoms with E-state index < -0.39 is 0 Å². The van der Waals surface area contributed by atoms with E-state index in [1.807, 2.05) is 37.4 Å². The Labute approximate surface area is 117 Å². The Hall–Kier alpha value is -1.68. The molecular formula is C15H17NO2S. The van der Waals surface area contributed by atoms with Gasteiger partial charge in [-0.3, -0.25) is 4.79 Å². The van der Waals surface area contributed by atoms with Crippen LogP contribution in [0.25, 0.3) is 0 Å². The minimum atomic E-state index is 0.161. The van der Waals surface area contributed by atoms with Crippen LogP contribution in [0.3, 0.4) is 0 Å². The molecule has 1 aromatic heterocycles. The van der Waals surface area contributed by atoms with E-state index in [1.54, 1.807) is 18.4 Å². The minimum Gasteiger partial charge on any atom is -0.496 e. The molecule has 0 aliphatic heterocycles. The van der Waals surface area contributed by atoms with Crippen LogP contribution in [0.1, 0.15) is 21.8 Å². The highest BCUT2D eigenvalue weighted by molar-refractivity contribution is 7.09. The molecule has 0 spiro atoms. The Morgan fingerprint density at radius 1 is 1.32 bits per heavy atom. The van der Waals surface area contributed by atoms with Crippen molar-refractivity contribution < 1.29 is 9.53 Å². The molecule has 3 nitrogen and oxygen atoms in total. The molecule has 100 valence electrons. The highest BCUT2D eigenvalue weighted by Crippen LogP contribution is 2.21. The summed E-state index contributed by atoms with van der Waals surface area (Å²) in [5.41, 5.74) is 2.94. The average molecular weight is 275 g/mol. The number of aromatic nitrogens is 1. The number of Topliss-reactive ketones (excluding diaryl/α,β-unsaturated/α-hetero) is 1. The number of hydrogen-bond acceptors (Lipinski definition) is 4. The van der Waals surface area contributed by atoms with Crippen molar-refractivity contribution in [3.8, 4) is 5.75 Å². The molecule has 0 aliphatic carbocycles. The molecule has 0 N–H and O–H groups in total. The molecule has 0 fully saturated rings. The Morgan fingerprint density at radius 3 is 2.74 bits per heavy atom. The topological polar surface area (TPSA) is 39.2 Å². The summed E-state index contributed by atoms with van der Waals surface area (Å²) in [6.07, 6.45) is 0.781. The van der Waals surface area contributed by atoms with E-state index in [2.05, 4.69) is 4.98 Å². The molecule has 0 atom stereocenters. The molecule has 0 aliphatic rings. The van der Waals surface area contributed by atoms with Gasteiger partial charge in [0.25, 0.3) is 0 Å². The number of aryl methyl sites for hydroxylation is 2. The zero-order chi connectivity index (χ0) is 13.8. The van der Waals surface area contributed by atoms with Gasteiger partial charge in [-0.15, -0.1) is 11.3 Å². The molecule has 0 bridgehead atoms. The first kappa shape index (κ1) is 13.7. The molecule has 4 heteroatoms. The van der Waals surface area contributed by atoms with Crippen LogP contribution in [0.5, 0.6) is 5.75 Å². The molecule has 0 unspecified atom stereocenters. The number of carbonyl (C=O) groups is 1. The fourth-order valence-electron chi connectivity index (χ4n) is 2.01. The molecule has 0 radical (unpaired) electrons. The van der Waals surface area contributed by atoms with Crippen molar-refractivity contribution in [3.05, 3.63) is 45.4 Å². The van der Waals surface area contributed by atoms with Crippen molar-refractivity contribution in [2.45, 2.75) is 26.7 Å². The maximum absolute atomic E-state index is 12.1. The number of hydrogen-bond donors (Lipinski definition) is 0. The number of ketones is 1. The van der Waals surface area contributed by atoms with Crippen LogP contribution in [0.4, 0.5) is 0 Å². The number of thiazole rings is 1. The number of rotatable bonds is 5. The molecule has 0 saturated carbocycles. The zero-order valence-electron chi connectivity index (χ0n) is 11.4. The second-order valence-corrected chi connectivity index (χ2v) is 5.63. The second kappa shape index (κ2) is 5.97. The normalized spacial score (nSPS) is 10.5. The maximum Gasteiger partial charge on any atom is 0.143 e. The summed E-state index contributed by atoms with van der Waals surface area (Å²) < 4.78 is 5.29. The third-order valence-corrected chi connectivity index (χ3v) is 3.69. The fourth-order valence-corrected chi connectivity index (χ4v) is 2.62. The SMILES string of the molecule is COc1ccc(C)cc1CC(=O)Cc1csc(C)n1. The molecule has 0 saturated heterocycles. The van der Waals surface area contributed by atoms with E-state index in [0.29, 0.717) is 12.8 Å². The van der Waals surface area contributed by atoms with Gasteiger partial charge in [-0.2, -0.15) is 0 Å². The lowest BCUT2D eigenvalue weighted by atomic mass is 10.0. The van der Waals surface area contributed by atoms with Gasteiger partial charge in [-0.05, 0) is 19.9 Å². The smallest absolute Gasteiger partial charge is 0.143 e. The predicted octanol–water partition coefficient (Wildman–Crippen LogP) is 3.12. The lowest BCUT2D eigenvalue weighted by molar-refractivity contribution is -0.117. The summed E-state index contributed by atoms with van der Waals surface area (Å²) in [6.45, 7) is 3.96. The third kappa shape index (κ3) is 3.64. The van der Waals surface area contributed by atoms with Crippen LogP contribution in [0, 0.1) is 13.8 Å². The molecule has 19 heavy (non-hydrogen) atoms. The van der Waals surface area contributed by atoms with Crippen LogP contribution in [0.2, 0.25) is 0 Å². The Bertz CT molecular complexity index is 590. The van der Waals surface area contributed by atoms with E-state index >= 15 is 0 Å². The fraction of sp³-hybridized carbons (Fsp3) is 0.333. The average Bonchev–Trinajstić information content (AvgIpc) is 2.75. The van der Waals surface area contributed by atoms with Crippen molar-refractivity contribution in [2.75, 3.05) is 7.11 Å². The monoisotopic (exact) mass is 275 g/mol. The number of methoxy groups -OCH3 is 1. The number of nitrogens with zero attached hydrogens (tertiary/aromatic N) is 1. The molecule has 1 heterocycles. The van der Waals surface area contributed by atoms with Gasteiger partial charge in [-0.25, -0.2) is 4.98 Å². The Morgan fingerprint density at radius 2 is 2.11 bits per heavy atom. The first-order chi connectivity index (χ1) is 9.08. The van der Waals surface area contributed by atoms with Crippen molar-refractivity contribution in [2.24, 2.45) is 0 Å². The first-order valence-electron chi connectivity index (χ1n) is 6.14. The Kier molecular flexibility index (Phi) is 4.32. The van der Waals surface area contributed by atoms with Crippen LogP contribution in [-0.4, -0.2) is 17.9 Å². The van der Waals surface area contributed by atoms with Gasteiger partial charge in [-0.1, -0.05) is 17.7 Å². The van der Waals surface area contributed by atoms with E-state index in [1.165, 1.54) is 0 Å². The van der Waals surface area contributed by atoms with E-state index in [0.717, 1.165) is 27.6 Å². The quantitative estimate of drug-likeness (QED) is 0.841. The van der Waals surface area contributed by atoms with Gasteiger partial charge in [0, 0.05) is 23.8 Å². The van der Waals surface area contributed by atoms with Gasteiger partial charge in [0.1, 0.15) is 11.5 Å². The van der Waals surface area contributed by atoms with Crippen LogP contribution < -0.4 is 4.74 Å². The maximum atomic E-state index is 12.1. The third-order valence-electron chi connectivity index (χ3n) is 2.87.